The Morgan fingerprint density at radius 1 is 1.41 bits per heavy atom. The quantitative estimate of drug-likeness (QED) is 0.635. The molecule has 0 spiro atoms. The van der Waals surface area contributed by atoms with Crippen LogP contribution in [0.4, 0.5) is 0 Å². The van der Waals surface area contributed by atoms with Crippen molar-refractivity contribution in [1.29, 1.82) is 0 Å². The van der Waals surface area contributed by atoms with Gasteiger partial charge in [-0.05, 0) is 42.9 Å². The van der Waals surface area contributed by atoms with Gasteiger partial charge in [0.1, 0.15) is 0 Å². The molecule has 4 heteroatoms. The third-order valence-corrected chi connectivity index (χ3v) is 3.53. The molecule has 2 nitrogen and oxygen atoms in total. The van der Waals surface area contributed by atoms with Gasteiger partial charge in [-0.25, -0.2) is 0 Å². The summed E-state index contributed by atoms with van der Waals surface area (Å²) in [4.78, 5) is 13.0. The van der Waals surface area contributed by atoms with Gasteiger partial charge in [0.2, 0.25) is 0 Å². The number of hydrogen-bond donors (Lipinski definition) is 1. The summed E-state index contributed by atoms with van der Waals surface area (Å²) in [5.74, 6) is 1.04. The van der Waals surface area contributed by atoms with Crippen LogP contribution < -0.4 is 5.32 Å². The number of rotatable bonds is 6. The fourth-order valence-electron chi connectivity index (χ4n) is 1.40. The Bertz CT molecular complexity index is 353. The van der Waals surface area contributed by atoms with E-state index in [2.05, 4.69) is 12.2 Å². The van der Waals surface area contributed by atoms with Crippen molar-refractivity contribution in [2.75, 3.05) is 18.7 Å². The molecule has 1 aromatic rings. The maximum absolute atomic E-state index is 11.8. The van der Waals surface area contributed by atoms with Crippen LogP contribution in [-0.4, -0.2) is 24.6 Å². The van der Waals surface area contributed by atoms with E-state index in [-0.39, 0.29) is 5.91 Å². The van der Waals surface area contributed by atoms with Crippen molar-refractivity contribution in [3.63, 3.8) is 0 Å². The summed E-state index contributed by atoms with van der Waals surface area (Å²) >= 11 is 7.31. The number of benzene rings is 1. The second-order valence-corrected chi connectivity index (χ2v) is 5.28. The lowest BCUT2D eigenvalue weighted by molar-refractivity contribution is 0.0948. The smallest absolute Gasteiger partial charge is 0.251 e. The maximum atomic E-state index is 11.8. The Balaban J connectivity index is 2.46. The van der Waals surface area contributed by atoms with E-state index in [1.807, 2.05) is 30.5 Å². The molecule has 0 aliphatic heterocycles. The van der Waals surface area contributed by atoms with Crippen LogP contribution in [0.2, 0.25) is 0 Å². The molecule has 0 bridgehead atoms. The molecule has 0 aliphatic rings. The van der Waals surface area contributed by atoms with Crippen molar-refractivity contribution >= 4 is 29.3 Å². The van der Waals surface area contributed by atoms with Crippen molar-refractivity contribution in [3.8, 4) is 0 Å². The van der Waals surface area contributed by atoms with Gasteiger partial charge in [0.25, 0.3) is 5.91 Å². The van der Waals surface area contributed by atoms with Crippen LogP contribution in [0.1, 0.15) is 23.7 Å². The zero-order chi connectivity index (χ0) is 12.7. The highest BCUT2D eigenvalue weighted by molar-refractivity contribution is 7.98. The summed E-state index contributed by atoms with van der Waals surface area (Å²) in [7, 11) is 0. The van der Waals surface area contributed by atoms with E-state index in [0.717, 1.165) is 11.3 Å². The zero-order valence-electron chi connectivity index (χ0n) is 10.2. The van der Waals surface area contributed by atoms with Crippen LogP contribution >= 0.6 is 23.4 Å². The van der Waals surface area contributed by atoms with Crippen LogP contribution in [0, 0.1) is 5.92 Å². The lowest BCUT2D eigenvalue weighted by atomic mass is 10.1. The average molecular weight is 272 g/mol. The number of carbonyl (C=O) groups is 1. The second kappa shape index (κ2) is 7.62. The molecule has 1 amide bonds. The molecular formula is C13H18ClNOS. The minimum atomic E-state index is -0.0147. The van der Waals surface area contributed by atoms with E-state index < -0.39 is 0 Å². The summed E-state index contributed by atoms with van der Waals surface area (Å²) in [6.45, 7) is 2.76. The maximum Gasteiger partial charge on any atom is 0.251 e. The summed E-state index contributed by atoms with van der Waals surface area (Å²) in [5, 5.41) is 2.92. The number of halogens is 1. The molecule has 1 N–H and O–H groups in total. The molecule has 0 fully saturated rings. The summed E-state index contributed by atoms with van der Waals surface area (Å²) in [6, 6.07) is 7.63. The molecule has 17 heavy (non-hydrogen) atoms. The third kappa shape index (κ3) is 5.00. The first-order valence-electron chi connectivity index (χ1n) is 5.65. The first-order valence-corrected chi connectivity index (χ1v) is 7.41. The van der Waals surface area contributed by atoms with Gasteiger partial charge in [0.15, 0.2) is 0 Å². The number of hydrogen-bond acceptors (Lipinski definition) is 2. The Morgan fingerprint density at radius 3 is 2.59 bits per heavy atom. The zero-order valence-corrected chi connectivity index (χ0v) is 11.8. The van der Waals surface area contributed by atoms with Gasteiger partial charge in [-0.2, -0.15) is 0 Å². The van der Waals surface area contributed by atoms with Gasteiger partial charge in [0.05, 0.1) is 0 Å². The number of alkyl halides is 1. The molecule has 0 aromatic heterocycles. The molecule has 0 radical (unpaired) electrons. The standard InChI is InChI=1S/C13H18ClNOS/c1-10(7-8-14)9-15-13(16)11-3-5-12(17-2)6-4-11/h3-6,10H,7-9H2,1-2H3,(H,15,16). The summed E-state index contributed by atoms with van der Waals surface area (Å²) in [5.41, 5.74) is 0.709. The fourth-order valence-corrected chi connectivity index (χ4v) is 2.18. The predicted octanol–water partition coefficient (Wildman–Crippen LogP) is 3.40. The van der Waals surface area contributed by atoms with Crippen LogP contribution in [0.3, 0.4) is 0 Å². The third-order valence-electron chi connectivity index (χ3n) is 2.57. The molecule has 1 rings (SSSR count). The molecule has 1 aromatic carbocycles. The van der Waals surface area contributed by atoms with Gasteiger partial charge in [0, 0.05) is 22.9 Å². The number of thioether (sulfide) groups is 1. The Morgan fingerprint density at radius 2 is 2.06 bits per heavy atom. The number of amides is 1. The molecule has 0 saturated heterocycles. The topological polar surface area (TPSA) is 29.1 Å². The minimum Gasteiger partial charge on any atom is -0.352 e. The van der Waals surface area contributed by atoms with Crippen molar-refractivity contribution < 1.29 is 4.79 Å². The Hall–Kier alpha value is -0.670. The van der Waals surface area contributed by atoms with Crippen LogP contribution in [0.25, 0.3) is 0 Å². The second-order valence-electron chi connectivity index (χ2n) is 4.02. The highest BCUT2D eigenvalue weighted by Crippen LogP contribution is 2.14. The molecule has 94 valence electrons. The van der Waals surface area contributed by atoms with Gasteiger partial charge in [-0.1, -0.05) is 6.92 Å². The average Bonchev–Trinajstić information content (AvgIpc) is 2.36. The van der Waals surface area contributed by atoms with E-state index >= 15 is 0 Å². The predicted molar refractivity (Wildman–Crippen MR) is 75.1 cm³/mol. The van der Waals surface area contributed by atoms with Crippen molar-refractivity contribution in [2.24, 2.45) is 5.92 Å². The van der Waals surface area contributed by atoms with Crippen LogP contribution in [-0.2, 0) is 0 Å². The molecule has 0 aliphatic carbocycles. The van der Waals surface area contributed by atoms with Gasteiger partial charge >= 0.3 is 0 Å². The van der Waals surface area contributed by atoms with Crippen LogP contribution in [0.5, 0.6) is 0 Å². The van der Waals surface area contributed by atoms with Crippen LogP contribution in [0.15, 0.2) is 29.2 Å². The minimum absolute atomic E-state index is 0.0147. The number of nitrogens with one attached hydrogen (secondary N) is 1. The van der Waals surface area contributed by atoms with Crippen molar-refractivity contribution in [1.82, 2.24) is 5.32 Å². The van der Waals surface area contributed by atoms with Gasteiger partial charge < -0.3 is 5.32 Å². The summed E-state index contributed by atoms with van der Waals surface area (Å²) in [6.07, 6.45) is 2.94. The Labute approximate surface area is 112 Å². The summed E-state index contributed by atoms with van der Waals surface area (Å²) < 4.78 is 0. The first-order chi connectivity index (χ1) is 8.17. The normalized spacial score (nSPS) is 12.2. The van der Waals surface area contributed by atoms with E-state index in [9.17, 15) is 4.79 Å². The van der Waals surface area contributed by atoms with Gasteiger partial charge in [-0.3, -0.25) is 4.79 Å². The molecule has 0 saturated carbocycles. The fraction of sp³-hybridized carbons (Fsp3) is 0.462. The lowest BCUT2D eigenvalue weighted by Crippen LogP contribution is -2.28. The Kier molecular flexibility index (Phi) is 6.45. The van der Waals surface area contributed by atoms with Crippen molar-refractivity contribution in [2.45, 2.75) is 18.2 Å². The largest absolute Gasteiger partial charge is 0.352 e. The van der Waals surface area contributed by atoms with E-state index in [1.54, 1.807) is 11.8 Å². The van der Waals surface area contributed by atoms with E-state index in [0.29, 0.717) is 23.9 Å². The highest BCUT2D eigenvalue weighted by Gasteiger charge is 2.07. The molecule has 1 unspecified atom stereocenters. The SMILES string of the molecule is CSc1ccc(C(=O)NCC(C)CCCl)cc1. The van der Waals surface area contributed by atoms with Gasteiger partial charge in [-0.15, -0.1) is 23.4 Å². The molecular weight excluding hydrogens is 254 g/mol. The molecule has 1 atom stereocenters. The van der Waals surface area contributed by atoms with E-state index in [1.165, 1.54) is 0 Å². The number of carbonyl (C=O) groups excluding carboxylic acids is 1. The van der Waals surface area contributed by atoms with E-state index in [4.69, 9.17) is 11.6 Å². The lowest BCUT2D eigenvalue weighted by Gasteiger charge is -2.11. The first kappa shape index (κ1) is 14.4. The molecule has 0 heterocycles. The van der Waals surface area contributed by atoms with Crippen molar-refractivity contribution in [3.05, 3.63) is 29.8 Å². The highest BCUT2D eigenvalue weighted by atomic mass is 35.5. The monoisotopic (exact) mass is 271 g/mol.